The van der Waals surface area contributed by atoms with E-state index in [0.29, 0.717) is 5.57 Å². The molecule has 0 heterocycles. The first-order chi connectivity index (χ1) is 9.53. The molecule has 0 saturated carbocycles. The Balaban J connectivity index is 2.20. The molecule has 0 aliphatic heterocycles. The van der Waals surface area contributed by atoms with Crippen molar-refractivity contribution in [2.45, 2.75) is 4.90 Å². The molecular weight excluding hydrogens is 280 g/mol. The maximum atomic E-state index is 11.8. The maximum absolute atomic E-state index is 11.8. The average Bonchev–Trinajstić information content (AvgIpc) is 2.47. The summed E-state index contributed by atoms with van der Waals surface area (Å²) in [5, 5.41) is 3.52. The zero-order valence-corrected chi connectivity index (χ0v) is 11.2. The lowest BCUT2D eigenvalue weighted by atomic mass is 10.0. The fraction of sp³-hybridized carbons (Fsp3) is 0.0769. The van der Waals surface area contributed by atoms with Crippen LogP contribution < -0.4 is 5.73 Å². The van der Waals surface area contributed by atoms with Crippen molar-refractivity contribution in [3.63, 3.8) is 0 Å². The summed E-state index contributed by atoms with van der Waals surface area (Å²) in [6, 6.07) is 7.65. The van der Waals surface area contributed by atoms with Crippen LogP contribution >= 0.6 is 0 Å². The number of nitrogens with two attached hydrogens (primary N) is 1. The van der Waals surface area contributed by atoms with Gasteiger partial charge in [0.15, 0.2) is 5.78 Å². The molecule has 1 aromatic rings. The molecule has 6 nitrogen and oxygen atoms in total. The summed E-state index contributed by atoms with van der Waals surface area (Å²) >= 11 is 0. The summed E-state index contributed by atoms with van der Waals surface area (Å²) in [6.45, 7) is 0.0492. The van der Waals surface area contributed by atoms with Crippen molar-refractivity contribution in [1.82, 2.24) is 0 Å². The molecule has 0 amide bonds. The molecule has 7 heteroatoms. The second kappa shape index (κ2) is 5.81. The molecule has 0 spiro atoms. The second-order valence-electron chi connectivity index (χ2n) is 3.93. The van der Waals surface area contributed by atoms with Crippen molar-refractivity contribution in [2.24, 2.45) is 10.9 Å². The molecule has 20 heavy (non-hydrogen) atoms. The predicted octanol–water partition coefficient (Wildman–Crippen LogP) is 0.772. The Labute approximate surface area is 116 Å². The lowest BCUT2D eigenvalue weighted by Gasteiger charge is -2.06. The van der Waals surface area contributed by atoms with Crippen LogP contribution in [0.2, 0.25) is 0 Å². The topological polar surface area (TPSA) is 98.8 Å². The third-order valence-electron chi connectivity index (χ3n) is 2.54. The molecule has 1 aromatic carbocycles. The summed E-state index contributed by atoms with van der Waals surface area (Å²) in [5.74, 6) is -0.225. The summed E-state index contributed by atoms with van der Waals surface area (Å²) in [6.07, 6.45) is 4.02. The number of hydrogen-bond donors (Lipinski definition) is 1. The van der Waals surface area contributed by atoms with E-state index in [0.717, 1.165) is 0 Å². The minimum absolute atomic E-state index is 0.00300. The molecule has 0 atom stereocenters. The van der Waals surface area contributed by atoms with Crippen LogP contribution in [0.25, 0.3) is 0 Å². The molecule has 0 fully saturated rings. The van der Waals surface area contributed by atoms with E-state index in [1.54, 1.807) is 18.2 Å². The van der Waals surface area contributed by atoms with Crippen molar-refractivity contribution in [2.75, 3.05) is 6.54 Å². The van der Waals surface area contributed by atoms with Crippen LogP contribution in [-0.4, -0.2) is 26.5 Å². The highest BCUT2D eigenvalue weighted by Crippen LogP contribution is 2.13. The molecular formula is C13H12N2O4S. The molecule has 104 valence electrons. The summed E-state index contributed by atoms with van der Waals surface area (Å²) in [7, 11) is -3.96. The smallest absolute Gasteiger partial charge is 0.326 e. The number of carbonyl (C=O) groups is 1. The van der Waals surface area contributed by atoms with Gasteiger partial charge in [-0.25, -0.2) is 0 Å². The number of rotatable bonds is 4. The van der Waals surface area contributed by atoms with E-state index in [1.165, 1.54) is 30.4 Å². The highest BCUT2D eigenvalue weighted by molar-refractivity contribution is 7.86. The average molecular weight is 292 g/mol. The zero-order valence-electron chi connectivity index (χ0n) is 10.4. The Kier molecular flexibility index (Phi) is 4.11. The number of allylic oxidation sites excluding steroid dienone is 3. The Morgan fingerprint density at radius 2 is 1.85 bits per heavy atom. The van der Waals surface area contributed by atoms with E-state index in [2.05, 4.69) is 9.44 Å². The van der Waals surface area contributed by atoms with Gasteiger partial charge in [0.05, 0.1) is 0 Å². The number of ketones is 1. The van der Waals surface area contributed by atoms with Crippen LogP contribution in [0.4, 0.5) is 0 Å². The van der Waals surface area contributed by atoms with Gasteiger partial charge in [-0.15, -0.1) is 0 Å². The first kappa shape index (κ1) is 14.2. The lowest BCUT2D eigenvalue weighted by Crippen LogP contribution is -2.16. The van der Waals surface area contributed by atoms with Crippen LogP contribution in [0, 0.1) is 0 Å². The number of hydrogen-bond acceptors (Lipinski definition) is 6. The number of carbonyl (C=O) groups excluding carboxylic acids is 1. The maximum Gasteiger partial charge on any atom is 0.358 e. The molecule has 1 aliphatic carbocycles. The molecule has 0 unspecified atom stereocenters. The van der Waals surface area contributed by atoms with Crippen LogP contribution in [0.15, 0.2) is 64.2 Å². The van der Waals surface area contributed by atoms with Crippen molar-refractivity contribution in [3.05, 3.63) is 54.1 Å². The molecule has 0 radical (unpaired) electrons. The fourth-order valence-electron chi connectivity index (χ4n) is 1.50. The standard InChI is InChI=1S/C13H12N2O4S/c14-9-10-8-11(6-7-13(10)16)15-19-20(17,18)12-4-2-1-3-5-12/h1-8H,9,14H2. The van der Waals surface area contributed by atoms with Gasteiger partial charge in [0.25, 0.3) is 0 Å². The van der Waals surface area contributed by atoms with Crippen LogP contribution in [0.3, 0.4) is 0 Å². The van der Waals surface area contributed by atoms with Crippen LogP contribution in [0.5, 0.6) is 0 Å². The van der Waals surface area contributed by atoms with E-state index >= 15 is 0 Å². The van der Waals surface area contributed by atoms with E-state index in [4.69, 9.17) is 5.73 Å². The second-order valence-corrected chi connectivity index (χ2v) is 5.46. The monoisotopic (exact) mass is 292 g/mol. The quantitative estimate of drug-likeness (QED) is 0.653. The first-order valence-corrected chi connectivity index (χ1v) is 7.13. The highest BCUT2D eigenvalue weighted by Gasteiger charge is 2.16. The van der Waals surface area contributed by atoms with Gasteiger partial charge in [0.1, 0.15) is 10.6 Å². The van der Waals surface area contributed by atoms with Crippen molar-refractivity contribution < 1.29 is 17.5 Å². The fourth-order valence-corrected chi connectivity index (χ4v) is 2.27. The van der Waals surface area contributed by atoms with E-state index in [9.17, 15) is 13.2 Å². The van der Waals surface area contributed by atoms with Gasteiger partial charge in [0.2, 0.25) is 0 Å². The van der Waals surface area contributed by atoms with Gasteiger partial charge in [-0.2, -0.15) is 8.42 Å². The van der Waals surface area contributed by atoms with Crippen molar-refractivity contribution >= 4 is 21.6 Å². The highest BCUT2D eigenvalue weighted by atomic mass is 32.2. The Bertz CT molecular complexity index is 703. The minimum Gasteiger partial charge on any atom is -0.326 e. The predicted molar refractivity (Wildman–Crippen MR) is 73.4 cm³/mol. The third-order valence-corrected chi connectivity index (χ3v) is 3.66. The van der Waals surface area contributed by atoms with Crippen LogP contribution in [-0.2, 0) is 19.2 Å². The zero-order chi connectivity index (χ0) is 14.6. The van der Waals surface area contributed by atoms with E-state index in [1.807, 2.05) is 0 Å². The molecule has 0 bridgehead atoms. The third kappa shape index (κ3) is 3.19. The van der Waals surface area contributed by atoms with Gasteiger partial charge in [0, 0.05) is 12.1 Å². The molecule has 0 aromatic heterocycles. The largest absolute Gasteiger partial charge is 0.358 e. The van der Waals surface area contributed by atoms with E-state index < -0.39 is 10.1 Å². The summed E-state index contributed by atoms with van der Waals surface area (Å²) < 4.78 is 28.2. The SMILES string of the molecule is NCC1=CC(=NOS(=O)(=O)c2ccccc2)C=CC1=O. The van der Waals surface area contributed by atoms with Crippen LogP contribution in [0.1, 0.15) is 0 Å². The first-order valence-electron chi connectivity index (χ1n) is 5.72. The van der Waals surface area contributed by atoms with Gasteiger partial charge < -0.3 is 5.73 Å². The summed E-state index contributed by atoms with van der Waals surface area (Å²) in [5.41, 5.74) is 5.94. The van der Waals surface area contributed by atoms with E-state index in [-0.39, 0.29) is 22.9 Å². The molecule has 1 aliphatic rings. The Morgan fingerprint density at radius 3 is 2.50 bits per heavy atom. The van der Waals surface area contributed by atoms with Gasteiger partial charge >= 0.3 is 10.1 Å². The summed E-state index contributed by atoms with van der Waals surface area (Å²) in [4.78, 5) is 11.3. The molecule has 0 saturated heterocycles. The molecule has 2 rings (SSSR count). The lowest BCUT2D eigenvalue weighted by molar-refractivity contribution is -0.111. The number of nitrogens with zero attached hydrogens (tertiary/aromatic N) is 1. The number of benzene rings is 1. The van der Waals surface area contributed by atoms with Gasteiger partial charge in [-0.05, 0) is 30.4 Å². The van der Waals surface area contributed by atoms with Gasteiger partial charge in [-0.1, -0.05) is 23.4 Å². The Morgan fingerprint density at radius 1 is 1.15 bits per heavy atom. The Hall–Kier alpha value is -2.25. The molecule has 2 N–H and O–H groups in total. The normalized spacial score (nSPS) is 17.1. The van der Waals surface area contributed by atoms with Crippen molar-refractivity contribution in [3.8, 4) is 0 Å². The van der Waals surface area contributed by atoms with Gasteiger partial charge in [-0.3, -0.25) is 9.08 Å². The number of oxime groups is 1. The minimum atomic E-state index is -3.96. The van der Waals surface area contributed by atoms with Crippen molar-refractivity contribution in [1.29, 1.82) is 0 Å².